The molecule has 1 heterocycles. The second-order valence-electron chi connectivity index (χ2n) is 7.12. The van der Waals surface area contributed by atoms with Crippen LogP contribution < -0.4 is 10.1 Å². The molecule has 1 saturated heterocycles. The Bertz CT molecular complexity index is 653. The first kappa shape index (κ1) is 17.8. The molecule has 0 unspecified atom stereocenters. The summed E-state index contributed by atoms with van der Waals surface area (Å²) in [7, 11) is 0. The Morgan fingerprint density at radius 1 is 1.28 bits per heavy atom. The van der Waals surface area contributed by atoms with Crippen molar-refractivity contribution < 1.29 is 14.3 Å². The van der Waals surface area contributed by atoms with Crippen LogP contribution in [0.4, 0.5) is 5.69 Å². The zero-order valence-corrected chi connectivity index (χ0v) is 14.8. The van der Waals surface area contributed by atoms with E-state index >= 15 is 0 Å². The van der Waals surface area contributed by atoms with Crippen LogP contribution in [-0.4, -0.2) is 25.2 Å². The Morgan fingerprint density at radius 3 is 2.64 bits per heavy atom. The molecule has 1 aliphatic carbocycles. The fourth-order valence-electron chi connectivity index (χ4n) is 3.63. The van der Waals surface area contributed by atoms with Crippen LogP contribution >= 0.6 is 0 Å². The van der Waals surface area contributed by atoms with Crippen LogP contribution in [0.3, 0.4) is 0 Å². The van der Waals surface area contributed by atoms with E-state index in [4.69, 9.17) is 9.47 Å². The lowest BCUT2D eigenvalue weighted by molar-refractivity contribution is -0.124. The number of rotatable bonds is 4. The van der Waals surface area contributed by atoms with E-state index in [1.165, 1.54) is 0 Å². The van der Waals surface area contributed by atoms with Crippen LogP contribution in [0.1, 0.15) is 50.5 Å². The average molecular weight is 342 g/mol. The van der Waals surface area contributed by atoms with Crippen molar-refractivity contribution in [1.29, 1.82) is 5.26 Å². The first-order valence-corrected chi connectivity index (χ1v) is 9.21. The highest BCUT2D eigenvalue weighted by molar-refractivity contribution is 5.97. The second-order valence-corrected chi connectivity index (χ2v) is 7.12. The van der Waals surface area contributed by atoms with Crippen molar-refractivity contribution in [2.45, 2.75) is 58.0 Å². The van der Waals surface area contributed by atoms with Gasteiger partial charge in [-0.1, -0.05) is 19.3 Å². The van der Waals surface area contributed by atoms with E-state index in [9.17, 15) is 10.1 Å². The maximum Gasteiger partial charge on any atom is 0.244 e. The summed E-state index contributed by atoms with van der Waals surface area (Å²) in [5.41, 5.74) is 0.838. The van der Waals surface area contributed by atoms with Crippen LogP contribution in [0.5, 0.6) is 5.75 Å². The molecule has 134 valence electrons. The number of nitriles is 1. The van der Waals surface area contributed by atoms with Gasteiger partial charge in [0.1, 0.15) is 17.3 Å². The Labute approximate surface area is 149 Å². The standard InChI is InChI=1S/C20H26N2O3/c1-15-13-16(5-6-18(15)25-17-7-11-24-12-8-17)22-19(23)20(14-21)9-3-2-4-10-20/h5-6,13,17H,2-4,7-12H2,1H3,(H,22,23). The summed E-state index contributed by atoms with van der Waals surface area (Å²) in [5.74, 6) is 0.671. The van der Waals surface area contributed by atoms with Crippen LogP contribution in [0.25, 0.3) is 0 Å². The van der Waals surface area contributed by atoms with Crippen LogP contribution in [0.15, 0.2) is 18.2 Å². The number of ether oxygens (including phenoxy) is 2. The van der Waals surface area contributed by atoms with Crippen molar-refractivity contribution in [2.24, 2.45) is 5.41 Å². The number of nitrogens with one attached hydrogen (secondary N) is 1. The number of hydrogen-bond acceptors (Lipinski definition) is 4. The molecule has 5 heteroatoms. The smallest absolute Gasteiger partial charge is 0.244 e. The molecule has 0 bridgehead atoms. The summed E-state index contributed by atoms with van der Waals surface area (Å²) in [4.78, 5) is 12.7. The third-order valence-electron chi connectivity index (χ3n) is 5.25. The number of nitrogens with zero attached hydrogens (tertiary/aromatic N) is 1. The summed E-state index contributed by atoms with van der Waals surface area (Å²) in [6.45, 7) is 3.47. The molecule has 0 spiro atoms. The van der Waals surface area contributed by atoms with E-state index in [0.717, 1.165) is 62.3 Å². The molecule has 2 aliphatic rings. The summed E-state index contributed by atoms with van der Waals surface area (Å²) in [6, 6.07) is 7.94. The van der Waals surface area contributed by atoms with Gasteiger partial charge in [-0.25, -0.2) is 0 Å². The first-order chi connectivity index (χ1) is 12.1. The van der Waals surface area contributed by atoms with Gasteiger partial charge in [-0.2, -0.15) is 5.26 Å². The molecule has 25 heavy (non-hydrogen) atoms. The lowest BCUT2D eigenvalue weighted by atomic mass is 9.74. The molecule has 1 saturated carbocycles. The Hall–Kier alpha value is -2.06. The van der Waals surface area contributed by atoms with Gasteiger partial charge in [-0.05, 0) is 43.5 Å². The van der Waals surface area contributed by atoms with Gasteiger partial charge in [0.15, 0.2) is 0 Å². The van der Waals surface area contributed by atoms with Crippen LogP contribution in [0.2, 0.25) is 0 Å². The number of benzene rings is 1. The molecule has 0 aromatic heterocycles. The molecule has 5 nitrogen and oxygen atoms in total. The highest BCUT2D eigenvalue weighted by Crippen LogP contribution is 2.37. The predicted octanol–water partition coefficient (Wildman–Crippen LogP) is 3.97. The normalized spacial score (nSPS) is 20.5. The second kappa shape index (κ2) is 7.88. The largest absolute Gasteiger partial charge is 0.490 e. The molecule has 0 radical (unpaired) electrons. The Kier molecular flexibility index (Phi) is 5.60. The van der Waals surface area contributed by atoms with Crippen molar-refractivity contribution in [3.8, 4) is 11.8 Å². The lowest BCUT2D eigenvalue weighted by Crippen LogP contribution is -2.36. The average Bonchev–Trinajstić information content (AvgIpc) is 2.65. The number of anilines is 1. The molecule has 1 aromatic carbocycles. The highest BCUT2D eigenvalue weighted by Gasteiger charge is 2.39. The van der Waals surface area contributed by atoms with E-state index in [0.29, 0.717) is 12.8 Å². The minimum absolute atomic E-state index is 0.174. The van der Waals surface area contributed by atoms with Gasteiger partial charge in [0, 0.05) is 18.5 Å². The van der Waals surface area contributed by atoms with Gasteiger partial charge in [-0.3, -0.25) is 4.79 Å². The molecular formula is C20H26N2O3. The summed E-state index contributed by atoms with van der Waals surface area (Å²) in [5, 5.41) is 12.5. The van der Waals surface area contributed by atoms with Gasteiger partial charge in [0.25, 0.3) is 0 Å². The molecule has 2 fully saturated rings. The van der Waals surface area contributed by atoms with E-state index in [2.05, 4.69) is 11.4 Å². The van der Waals surface area contributed by atoms with Gasteiger partial charge >= 0.3 is 0 Å². The summed E-state index contributed by atoms with van der Waals surface area (Å²) >= 11 is 0. The molecule has 1 amide bonds. The zero-order chi connectivity index (χ0) is 17.7. The molecule has 1 N–H and O–H groups in total. The predicted molar refractivity (Wildman–Crippen MR) is 95.4 cm³/mol. The Balaban J connectivity index is 1.66. The molecular weight excluding hydrogens is 316 g/mol. The van der Waals surface area contributed by atoms with Crippen molar-refractivity contribution in [3.63, 3.8) is 0 Å². The van der Waals surface area contributed by atoms with E-state index < -0.39 is 5.41 Å². The van der Waals surface area contributed by atoms with Gasteiger partial charge in [0.2, 0.25) is 5.91 Å². The van der Waals surface area contributed by atoms with E-state index in [-0.39, 0.29) is 12.0 Å². The maximum atomic E-state index is 12.7. The van der Waals surface area contributed by atoms with Gasteiger partial charge in [0.05, 0.1) is 19.3 Å². The Morgan fingerprint density at radius 2 is 2.00 bits per heavy atom. The number of carbonyl (C=O) groups excluding carboxylic acids is 1. The van der Waals surface area contributed by atoms with Crippen molar-refractivity contribution in [2.75, 3.05) is 18.5 Å². The van der Waals surface area contributed by atoms with Gasteiger partial charge < -0.3 is 14.8 Å². The number of hydrogen-bond donors (Lipinski definition) is 1. The molecule has 0 atom stereocenters. The number of carbonyl (C=O) groups is 1. The van der Waals surface area contributed by atoms with Crippen LogP contribution in [-0.2, 0) is 9.53 Å². The van der Waals surface area contributed by atoms with E-state index in [1.54, 1.807) is 0 Å². The molecule has 1 aromatic rings. The number of aryl methyl sites for hydroxylation is 1. The summed E-state index contributed by atoms with van der Waals surface area (Å²) < 4.78 is 11.4. The van der Waals surface area contributed by atoms with Crippen molar-refractivity contribution in [3.05, 3.63) is 23.8 Å². The molecule has 1 aliphatic heterocycles. The van der Waals surface area contributed by atoms with Crippen molar-refractivity contribution in [1.82, 2.24) is 0 Å². The monoisotopic (exact) mass is 342 g/mol. The highest BCUT2D eigenvalue weighted by atomic mass is 16.5. The first-order valence-electron chi connectivity index (χ1n) is 9.21. The minimum atomic E-state index is -0.872. The van der Waals surface area contributed by atoms with E-state index in [1.807, 2.05) is 25.1 Å². The third kappa shape index (κ3) is 4.13. The zero-order valence-electron chi connectivity index (χ0n) is 14.8. The fraction of sp³-hybridized carbons (Fsp3) is 0.600. The third-order valence-corrected chi connectivity index (χ3v) is 5.25. The lowest BCUT2D eigenvalue weighted by Gasteiger charge is -2.29. The van der Waals surface area contributed by atoms with Crippen LogP contribution in [0, 0.1) is 23.7 Å². The fourth-order valence-corrected chi connectivity index (χ4v) is 3.63. The van der Waals surface area contributed by atoms with Gasteiger partial charge in [-0.15, -0.1) is 0 Å². The minimum Gasteiger partial charge on any atom is -0.490 e. The SMILES string of the molecule is Cc1cc(NC(=O)C2(C#N)CCCCC2)ccc1OC1CCOCC1. The quantitative estimate of drug-likeness (QED) is 0.899. The maximum absolute atomic E-state index is 12.7. The number of amides is 1. The molecule has 3 rings (SSSR count). The summed E-state index contributed by atoms with van der Waals surface area (Å²) in [6.07, 6.45) is 6.30. The topological polar surface area (TPSA) is 71.4 Å². The van der Waals surface area contributed by atoms with Crippen molar-refractivity contribution >= 4 is 11.6 Å².